The van der Waals surface area contributed by atoms with Gasteiger partial charge in [-0.2, -0.15) is 0 Å². The largest absolute Gasteiger partial charge is 0.481 e. The minimum atomic E-state index is -3.44. The zero-order valence-electron chi connectivity index (χ0n) is 11.0. The van der Waals surface area contributed by atoms with Gasteiger partial charge in [0.25, 0.3) is 0 Å². The van der Waals surface area contributed by atoms with Gasteiger partial charge < -0.3 is 14.6 Å². The Morgan fingerprint density at radius 3 is 2.79 bits per heavy atom. The topological polar surface area (TPSA) is 89.9 Å². The number of sulfone groups is 1. The van der Waals surface area contributed by atoms with Gasteiger partial charge in [0.05, 0.1) is 29.1 Å². The summed E-state index contributed by atoms with van der Waals surface area (Å²) in [7, 11) is -3.44. The molecule has 19 heavy (non-hydrogen) atoms. The van der Waals surface area contributed by atoms with Crippen LogP contribution >= 0.6 is 0 Å². The monoisotopic (exact) mass is 292 g/mol. The van der Waals surface area contributed by atoms with Gasteiger partial charge in [-0.25, -0.2) is 8.42 Å². The molecule has 0 aliphatic carbocycles. The van der Waals surface area contributed by atoms with Gasteiger partial charge in [-0.1, -0.05) is 0 Å². The van der Waals surface area contributed by atoms with Crippen LogP contribution in [0.25, 0.3) is 0 Å². The van der Waals surface area contributed by atoms with Crippen molar-refractivity contribution in [3.05, 3.63) is 0 Å². The molecule has 2 aliphatic heterocycles. The van der Waals surface area contributed by atoms with E-state index in [-0.39, 0.29) is 6.42 Å². The Morgan fingerprint density at radius 1 is 1.47 bits per heavy atom. The molecular weight excluding hydrogens is 272 g/mol. The molecule has 2 fully saturated rings. The van der Waals surface area contributed by atoms with Crippen LogP contribution in [0.3, 0.4) is 0 Å². The summed E-state index contributed by atoms with van der Waals surface area (Å²) in [6, 6.07) is 0. The van der Waals surface area contributed by atoms with E-state index in [1.807, 2.05) is 0 Å². The summed E-state index contributed by atoms with van der Waals surface area (Å²) >= 11 is 0. The standard InChI is InChI=1S/C12H20O6S/c1-9(6-11(13)14)19(15,16)10-2-4-18-12(7-10)3-5-17-8-12/h9-10H,2-8H2,1H3,(H,13,14). The van der Waals surface area contributed by atoms with Gasteiger partial charge in [-0.05, 0) is 19.8 Å². The Kier molecular flexibility index (Phi) is 4.17. The third-order valence-corrected chi connectivity index (χ3v) is 6.62. The summed E-state index contributed by atoms with van der Waals surface area (Å²) < 4.78 is 35.8. The lowest BCUT2D eigenvalue weighted by Gasteiger charge is -2.37. The molecule has 0 saturated carbocycles. The van der Waals surface area contributed by atoms with Crippen molar-refractivity contribution in [1.82, 2.24) is 0 Å². The first kappa shape index (κ1) is 14.7. The molecule has 3 unspecified atom stereocenters. The number of carbonyl (C=O) groups is 1. The van der Waals surface area contributed by atoms with Crippen molar-refractivity contribution in [1.29, 1.82) is 0 Å². The third kappa shape index (κ3) is 3.09. The first-order chi connectivity index (χ1) is 8.86. The zero-order valence-corrected chi connectivity index (χ0v) is 11.8. The van der Waals surface area contributed by atoms with Gasteiger partial charge in [0.15, 0.2) is 9.84 Å². The maximum atomic E-state index is 12.4. The van der Waals surface area contributed by atoms with Crippen LogP contribution in [-0.2, 0) is 24.1 Å². The highest BCUT2D eigenvalue weighted by Gasteiger charge is 2.46. The van der Waals surface area contributed by atoms with Crippen molar-refractivity contribution in [2.75, 3.05) is 19.8 Å². The average Bonchev–Trinajstić information content (AvgIpc) is 2.76. The fourth-order valence-corrected chi connectivity index (χ4v) is 4.81. The Labute approximate surface area is 113 Å². The van der Waals surface area contributed by atoms with E-state index in [1.54, 1.807) is 0 Å². The number of carboxylic acids is 1. The highest BCUT2D eigenvalue weighted by Crippen LogP contribution is 2.36. The highest BCUT2D eigenvalue weighted by molar-refractivity contribution is 7.92. The molecule has 6 nitrogen and oxygen atoms in total. The molecule has 110 valence electrons. The van der Waals surface area contributed by atoms with Gasteiger partial charge in [-0.15, -0.1) is 0 Å². The molecule has 0 bridgehead atoms. The quantitative estimate of drug-likeness (QED) is 0.816. The molecule has 0 aromatic rings. The summed E-state index contributed by atoms with van der Waals surface area (Å²) in [5.74, 6) is -1.08. The van der Waals surface area contributed by atoms with Crippen LogP contribution in [0.5, 0.6) is 0 Å². The maximum absolute atomic E-state index is 12.4. The van der Waals surface area contributed by atoms with Gasteiger partial charge in [-0.3, -0.25) is 4.79 Å². The van der Waals surface area contributed by atoms with E-state index in [9.17, 15) is 13.2 Å². The van der Waals surface area contributed by atoms with Crippen molar-refractivity contribution in [3.8, 4) is 0 Å². The predicted molar refractivity (Wildman–Crippen MR) is 67.8 cm³/mol. The molecule has 1 spiro atoms. The fraction of sp³-hybridized carbons (Fsp3) is 0.917. The molecule has 0 amide bonds. The van der Waals surface area contributed by atoms with E-state index < -0.39 is 31.9 Å². The van der Waals surface area contributed by atoms with E-state index in [4.69, 9.17) is 14.6 Å². The first-order valence-electron chi connectivity index (χ1n) is 6.52. The van der Waals surface area contributed by atoms with E-state index in [0.717, 1.165) is 0 Å². The predicted octanol–water partition coefficient (Wildman–Crippen LogP) is 0.602. The summed E-state index contributed by atoms with van der Waals surface area (Å²) in [5, 5.41) is 7.37. The maximum Gasteiger partial charge on any atom is 0.304 e. The van der Waals surface area contributed by atoms with Gasteiger partial charge in [0, 0.05) is 19.6 Å². The van der Waals surface area contributed by atoms with Crippen molar-refractivity contribution in [2.24, 2.45) is 0 Å². The lowest BCUT2D eigenvalue weighted by atomic mass is 9.93. The van der Waals surface area contributed by atoms with E-state index >= 15 is 0 Å². The normalized spacial score (nSPS) is 33.4. The molecule has 0 radical (unpaired) electrons. The Balaban J connectivity index is 2.09. The Bertz CT molecular complexity index is 437. The minimum absolute atomic E-state index is 0.344. The first-order valence-corrected chi connectivity index (χ1v) is 8.13. The summed E-state index contributed by atoms with van der Waals surface area (Å²) in [6.07, 6.45) is 1.23. The highest BCUT2D eigenvalue weighted by atomic mass is 32.2. The number of aliphatic carboxylic acids is 1. The molecule has 3 atom stereocenters. The van der Waals surface area contributed by atoms with Crippen molar-refractivity contribution >= 4 is 15.8 Å². The van der Waals surface area contributed by atoms with Crippen LogP contribution in [0, 0.1) is 0 Å². The van der Waals surface area contributed by atoms with Crippen LogP contribution in [-0.4, -0.2) is 55.4 Å². The van der Waals surface area contributed by atoms with Gasteiger partial charge in [0.2, 0.25) is 0 Å². The van der Waals surface area contributed by atoms with Gasteiger partial charge >= 0.3 is 5.97 Å². The van der Waals surface area contributed by atoms with Crippen LogP contribution < -0.4 is 0 Å². The zero-order chi connectivity index (χ0) is 14.1. The number of hydrogen-bond acceptors (Lipinski definition) is 5. The van der Waals surface area contributed by atoms with Crippen molar-refractivity contribution in [2.45, 2.75) is 48.7 Å². The van der Waals surface area contributed by atoms with Gasteiger partial charge in [0.1, 0.15) is 0 Å². The Hall–Kier alpha value is -0.660. The van der Waals surface area contributed by atoms with Crippen molar-refractivity contribution in [3.63, 3.8) is 0 Å². The number of rotatable bonds is 4. The fourth-order valence-electron chi connectivity index (χ4n) is 2.82. The minimum Gasteiger partial charge on any atom is -0.481 e. The summed E-state index contributed by atoms with van der Waals surface area (Å²) in [4.78, 5) is 10.7. The molecule has 1 N–H and O–H groups in total. The number of ether oxygens (including phenoxy) is 2. The van der Waals surface area contributed by atoms with Crippen LogP contribution in [0.1, 0.15) is 32.6 Å². The average molecular weight is 292 g/mol. The second-order valence-corrected chi connectivity index (χ2v) is 8.10. The van der Waals surface area contributed by atoms with E-state index in [0.29, 0.717) is 39.1 Å². The van der Waals surface area contributed by atoms with Crippen LogP contribution in [0.2, 0.25) is 0 Å². The smallest absolute Gasteiger partial charge is 0.304 e. The second kappa shape index (κ2) is 5.38. The van der Waals surface area contributed by atoms with E-state index in [1.165, 1.54) is 6.92 Å². The van der Waals surface area contributed by atoms with E-state index in [2.05, 4.69) is 0 Å². The molecule has 7 heteroatoms. The lowest BCUT2D eigenvalue weighted by Crippen LogP contribution is -2.47. The number of carboxylic acid groups (broad SMARTS) is 1. The molecule has 0 aromatic carbocycles. The molecule has 0 aromatic heterocycles. The van der Waals surface area contributed by atoms with Crippen molar-refractivity contribution < 1.29 is 27.8 Å². The molecular formula is C12H20O6S. The molecule has 2 heterocycles. The molecule has 2 aliphatic rings. The Morgan fingerprint density at radius 2 is 2.21 bits per heavy atom. The van der Waals surface area contributed by atoms with Crippen LogP contribution in [0.15, 0.2) is 0 Å². The second-order valence-electron chi connectivity index (χ2n) is 5.45. The SMILES string of the molecule is CC(CC(=O)O)S(=O)(=O)C1CCOC2(CCOC2)C1. The lowest BCUT2D eigenvalue weighted by molar-refractivity contribution is -0.136. The molecule has 2 saturated heterocycles. The summed E-state index contributed by atoms with van der Waals surface area (Å²) in [5.41, 5.74) is -0.473. The number of hydrogen-bond donors (Lipinski definition) is 1. The van der Waals surface area contributed by atoms with Crippen LogP contribution in [0.4, 0.5) is 0 Å². The molecule has 2 rings (SSSR count). The summed E-state index contributed by atoms with van der Waals surface area (Å²) in [6.45, 7) is 2.90. The third-order valence-electron chi connectivity index (χ3n) is 4.00.